The Kier molecular flexibility index (Phi) is 5.41. The molecule has 4 nitrogen and oxygen atoms in total. The van der Waals surface area contributed by atoms with Crippen molar-refractivity contribution >= 4 is 40.7 Å². The molecule has 0 aliphatic heterocycles. The summed E-state index contributed by atoms with van der Waals surface area (Å²) in [6.07, 6.45) is 0. The molecule has 0 saturated heterocycles. The minimum Gasteiger partial charge on any atom is -0.341 e. The fourth-order valence-corrected chi connectivity index (χ4v) is 2.20. The molecular weight excluding hydrogens is 323 g/mol. The van der Waals surface area contributed by atoms with E-state index in [1.165, 1.54) is 6.07 Å². The van der Waals surface area contributed by atoms with E-state index in [-0.39, 0.29) is 6.04 Å². The van der Waals surface area contributed by atoms with Crippen LogP contribution in [0, 0.1) is 0 Å². The third kappa shape index (κ3) is 4.23. The summed E-state index contributed by atoms with van der Waals surface area (Å²) in [4.78, 5) is 23.8. The van der Waals surface area contributed by atoms with Gasteiger partial charge in [0.1, 0.15) is 0 Å². The first-order valence-corrected chi connectivity index (χ1v) is 7.35. The van der Waals surface area contributed by atoms with E-state index in [4.69, 9.17) is 23.2 Å². The minimum atomic E-state index is -0.799. The lowest BCUT2D eigenvalue weighted by Crippen LogP contribution is -2.36. The second-order valence-electron chi connectivity index (χ2n) is 4.68. The Balaban J connectivity index is 2.01. The molecule has 2 aromatic carbocycles. The van der Waals surface area contributed by atoms with Crippen molar-refractivity contribution in [1.29, 1.82) is 0 Å². The molecule has 1 atom stereocenters. The Labute approximate surface area is 138 Å². The van der Waals surface area contributed by atoms with Crippen LogP contribution in [0.2, 0.25) is 10.0 Å². The summed E-state index contributed by atoms with van der Waals surface area (Å²) in [6, 6.07) is 13.7. The lowest BCUT2D eigenvalue weighted by atomic mass is 10.1. The third-order valence-corrected chi connectivity index (χ3v) is 3.59. The van der Waals surface area contributed by atoms with Gasteiger partial charge in [-0.25, -0.2) is 0 Å². The van der Waals surface area contributed by atoms with Crippen LogP contribution in [-0.4, -0.2) is 11.8 Å². The highest BCUT2D eigenvalue weighted by molar-refractivity contribution is 6.42. The molecule has 0 heterocycles. The van der Waals surface area contributed by atoms with Crippen molar-refractivity contribution in [3.63, 3.8) is 0 Å². The van der Waals surface area contributed by atoms with Crippen molar-refractivity contribution in [1.82, 2.24) is 5.32 Å². The molecule has 0 aliphatic carbocycles. The molecule has 114 valence electrons. The topological polar surface area (TPSA) is 58.2 Å². The zero-order valence-corrected chi connectivity index (χ0v) is 13.3. The SMILES string of the molecule is C[C@@H](NC(=O)C(=O)Nc1cc(Cl)ccc1Cl)c1ccccc1. The zero-order chi connectivity index (χ0) is 16.1. The van der Waals surface area contributed by atoms with Crippen LogP contribution >= 0.6 is 23.2 Å². The summed E-state index contributed by atoms with van der Waals surface area (Å²) in [6.45, 7) is 1.80. The Morgan fingerprint density at radius 2 is 1.68 bits per heavy atom. The normalized spacial score (nSPS) is 11.6. The van der Waals surface area contributed by atoms with Gasteiger partial charge in [0.15, 0.2) is 0 Å². The molecule has 0 bridgehead atoms. The molecule has 6 heteroatoms. The van der Waals surface area contributed by atoms with Gasteiger partial charge in [-0.3, -0.25) is 9.59 Å². The van der Waals surface area contributed by atoms with Gasteiger partial charge in [0, 0.05) is 5.02 Å². The third-order valence-electron chi connectivity index (χ3n) is 3.03. The molecule has 0 unspecified atom stereocenters. The number of nitrogens with one attached hydrogen (secondary N) is 2. The Hall–Kier alpha value is -2.04. The van der Waals surface area contributed by atoms with Crippen molar-refractivity contribution in [2.75, 3.05) is 5.32 Å². The highest BCUT2D eigenvalue weighted by Gasteiger charge is 2.18. The van der Waals surface area contributed by atoms with E-state index >= 15 is 0 Å². The standard InChI is InChI=1S/C16H14Cl2N2O2/c1-10(11-5-3-2-4-6-11)19-15(21)16(22)20-14-9-12(17)7-8-13(14)18/h2-10H,1H3,(H,19,21)(H,20,22)/t10-/m1/s1. The predicted octanol–water partition coefficient (Wildman–Crippen LogP) is 3.81. The van der Waals surface area contributed by atoms with Gasteiger partial charge in [-0.2, -0.15) is 0 Å². The van der Waals surface area contributed by atoms with E-state index in [2.05, 4.69) is 10.6 Å². The number of amides is 2. The first-order valence-electron chi connectivity index (χ1n) is 6.59. The molecule has 2 amide bonds. The second-order valence-corrected chi connectivity index (χ2v) is 5.53. The van der Waals surface area contributed by atoms with E-state index < -0.39 is 11.8 Å². The maximum absolute atomic E-state index is 11.9. The van der Waals surface area contributed by atoms with Crippen LogP contribution in [0.25, 0.3) is 0 Å². The minimum absolute atomic E-state index is 0.283. The summed E-state index contributed by atoms with van der Waals surface area (Å²) in [5.74, 6) is -1.54. The lowest BCUT2D eigenvalue weighted by Gasteiger charge is -2.14. The van der Waals surface area contributed by atoms with Crippen molar-refractivity contribution in [3.8, 4) is 0 Å². The van der Waals surface area contributed by atoms with E-state index in [0.29, 0.717) is 15.7 Å². The molecule has 0 aliphatic rings. The number of hydrogen-bond acceptors (Lipinski definition) is 2. The van der Waals surface area contributed by atoms with Crippen LogP contribution in [0.5, 0.6) is 0 Å². The number of carbonyl (C=O) groups excluding carboxylic acids is 2. The van der Waals surface area contributed by atoms with E-state index in [1.807, 2.05) is 30.3 Å². The van der Waals surface area contributed by atoms with Crippen LogP contribution < -0.4 is 10.6 Å². The highest BCUT2D eigenvalue weighted by Crippen LogP contribution is 2.25. The molecule has 0 radical (unpaired) electrons. The molecule has 2 aromatic rings. The highest BCUT2D eigenvalue weighted by atomic mass is 35.5. The molecular formula is C16H14Cl2N2O2. The van der Waals surface area contributed by atoms with E-state index in [1.54, 1.807) is 19.1 Å². The summed E-state index contributed by atoms with van der Waals surface area (Å²) < 4.78 is 0. The molecule has 2 N–H and O–H groups in total. The monoisotopic (exact) mass is 336 g/mol. The molecule has 0 spiro atoms. The van der Waals surface area contributed by atoms with Gasteiger partial charge in [0.05, 0.1) is 16.8 Å². The summed E-state index contributed by atoms with van der Waals surface area (Å²) in [5.41, 5.74) is 1.20. The Morgan fingerprint density at radius 3 is 2.36 bits per heavy atom. The number of anilines is 1. The number of hydrogen-bond donors (Lipinski definition) is 2. The average Bonchev–Trinajstić information content (AvgIpc) is 2.51. The second kappa shape index (κ2) is 7.29. The molecule has 0 aromatic heterocycles. The zero-order valence-electron chi connectivity index (χ0n) is 11.8. The van der Waals surface area contributed by atoms with Crippen molar-refractivity contribution in [2.24, 2.45) is 0 Å². The number of rotatable bonds is 3. The Morgan fingerprint density at radius 1 is 1.00 bits per heavy atom. The molecule has 22 heavy (non-hydrogen) atoms. The summed E-state index contributed by atoms with van der Waals surface area (Å²) in [7, 11) is 0. The lowest BCUT2D eigenvalue weighted by molar-refractivity contribution is -0.136. The van der Waals surface area contributed by atoms with Gasteiger partial charge in [0.2, 0.25) is 0 Å². The first kappa shape index (κ1) is 16.3. The Bertz CT molecular complexity index is 690. The maximum Gasteiger partial charge on any atom is 0.313 e. The number of halogens is 2. The number of benzene rings is 2. The molecule has 0 fully saturated rings. The van der Waals surface area contributed by atoms with E-state index in [0.717, 1.165) is 5.56 Å². The molecule has 2 rings (SSSR count). The fraction of sp³-hybridized carbons (Fsp3) is 0.125. The van der Waals surface area contributed by atoms with Crippen LogP contribution in [0.4, 0.5) is 5.69 Å². The summed E-state index contributed by atoms with van der Waals surface area (Å²) >= 11 is 11.8. The van der Waals surface area contributed by atoms with Crippen molar-refractivity contribution in [3.05, 3.63) is 64.1 Å². The average molecular weight is 337 g/mol. The van der Waals surface area contributed by atoms with Gasteiger partial charge in [-0.1, -0.05) is 53.5 Å². The van der Waals surface area contributed by atoms with Crippen molar-refractivity contribution in [2.45, 2.75) is 13.0 Å². The van der Waals surface area contributed by atoms with Crippen LogP contribution in [0.1, 0.15) is 18.5 Å². The fourth-order valence-electron chi connectivity index (χ4n) is 1.86. The van der Waals surface area contributed by atoms with Crippen LogP contribution in [0.15, 0.2) is 48.5 Å². The van der Waals surface area contributed by atoms with Gasteiger partial charge in [-0.15, -0.1) is 0 Å². The number of carbonyl (C=O) groups is 2. The molecule has 0 saturated carbocycles. The van der Waals surface area contributed by atoms with Gasteiger partial charge in [0.25, 0.3) is 0 Å². The van der Waals surface area contributed by atoms with Crippen LogP contribution in [-0.2, 0) is 9.59 Å². The van der Waals surface area contributed by atoms with Crippen LogP contribution in [0.3, 0.4) is 0 Å². The van der Waals surface area contributed by atoms with E-state index in [9.17, 15) is 9.59 Å². The smallest absolute Gasteiger partial charge is 0.313 e. The van der Waals surface area contributed by atoms with Gasteiger partial charge >= 0.3 is 11.8 Å². The predicted molar refractivity (Wildman–Crippen MR) is 88.1 cm³/mol. The quantitative estimate of drug-likeness (QED) is 0.837. The van der Waals surface area contributed by atoms with Gasteiger partial charge in [-0.05, 0) is 30.7 Å². The maximum atomic E-state index is 11.9. The largest absolute Gasteiger partial charge is 0.341 e. The van der Waals surface area contributed by atoms with Crippen molar-refractivity contribution < 1.29 is 9.59 Å². The summed E-state index contributed by atoms with van der Waals surface area (Å²) in [5, 5.41) is 5.79. The van der Waals surface area contributed by atoms with Gasteiger partial charge < -0.3 is 10.6 Å². The first-order chi connectivity index (χ1) is 10.5.